The molecule has 0 bridgehead atoms. The fourth-order valence-corrected chi connectivity index (χ4v) is 2.15. The van der Waals surface area contributed by atoms with Crippen molar-refractivity contribution in [2.45, 2.75) is 0 Å². The van der Waals surface area contributed by atoms with Crippen molar-refractivity contribution in [2.24, 2.45) is 0 Å². The predicted octanol–water partition coefficient (Wildman–Crippen LogP) is 1.85. The van der Waals surface area contributed by atoms with E-state index in [4.69, 9.17) is 0 Å². The van der Waals surface area contributed by atoms with Crippen LogP contribution in [0.5, 0.6) is 0 Å². The van der Waals surface area contributed by atoms with Crippen LogP contribution >= 0.6 is 0 Å². The molecule has 24 heavy (non-hydrogen) atoms. The molecule has 4 aromatic heterocycles. The summed E-state index contributed by atoms with van der Waals surface area (Å²) in [5.74, 6) is 0. The van der Waals surface area contributed by atoms with Gasteiger partial charge < -0.3 is 0 Å². The fourth-order valence-electron chi connectivity index (χ4n) is 2.15. The minimum atomic E-state index is 0.562. The second-order valence-corrected chi connectivity index (χ2v) is 4.72. The molecule has 4 aromatic rings. The summed E-state index contributed by atoms with van der Waals surface area (Å²) in [6.45, 7) is 0. The molecule has 0 aliphatic rings. The summed E-state index contributed by atoms with van der Waals surface area (Å²) < 4.78 is 0. The molecular formula is C16H10N8. The zero-order valence-electron chi connectivity index (χ0n) is 12.4. The summed E-state index contributed by atoms with van der Waals surface area (Å²) in [5.41, 5.74) is 3.56. The van der Waals surface area contributed by atoms with Gasteiger partial charge in [-0.15, -0.1) is 0 Å². The van der Waals surface area contributed by atoms with Crippen LogP contribution in [0.4, 0.5) is 0 Å². The van der Waals surface area contributed by atoms with Crippen LogP contribution in [0.2, 0.25) is 0 Å². The van der Waals surface area contributed by atoms with Gasteiger partial charge in [-0.05, 0) is 0 Å². The monoisotopic (exact) mass is 314 g/mol. The Bertz CT molecular complexity index is 945. The third-order valence-corrected chi connectivity index (χ3v) is 3.21. The highest BCUT2D eigenvalue weighted by Gasteiger charge is 2.15. The number of nitrogens with zero attached hydrogens (tertiary/aromatic N) is 8. The maximum Gasteiger partial charge on any atom is 0.119 e. The van der Waals surface area contributed by atoms with E-state index in [0.717, 1.165) is 0 Å². The topological polar surface area (TPSA) is 103 Å². The number of hydrogen-bond acceptors (Lipinski definition) is 8. The van der Waals surface area contributed by atoms with E-state index in [1.165, 1.54) is 0 Å². The van der Waals surface area contributed by atoms with Crippen LogP contribution in [-0.2, 0) is 0 Å². The largest absolute Gasteiger partial charge is 0.261 e. The van der Waals surface area contributed by atoms with Gasteiger partial charge >= 0.3 is 0 Å². The van der Waals surface area contributed by atoms with E-state index in [1.807, 2.05) is 0 Å². The van der Waals surface area contributed by atoms with Gasteiger partial charge in [-0.25, -0.2) is 9.97 Å². The van der Waals surface area contributed by atoms with Gasteiger partial charge in [-0.2, -0.15) is 0 Å². The van der Waals surface area contributed by atoms with Gasteiger partial charge in [-0.3, -0.25) is 29.9 Å². The van der Waals surface area contributed by atoms with Crippen LogP contribution in [-0.4, -0.2) is 39.9 Å². The summed E-state index contributed by atoms with van der Waals surface area (Å²) >= 11 is 0. The molecule has 0 N–H and O–H groups in total. The normalized spacial score (nSPS) is 10.5. The third kappa shape index (κ3) is 2.68. The van der Waals surface area contributed by atoms with Crippen molar-refractivity contribution in [1.82, 2.24) is 39.9 Å². The van der Waals surface area contributed by atoms with Gasteiger partial charge in [0.15, 0.2) is 0 Å². The molecule has 0 saturated heterocycles. The maximum atomic E-state index is 4.65. The first-order chi connectivity index (χ1) is 11.9. The molecule has 0 atom stereocenters. The molecule has 0 fully saturated rings. The molecule has 0 aliphatic carbocycles. The lowest BCUT2D eigenvalue weighted by Crippen LogP contribution is -2.00. The molecular weight excluding hydrogens is 304 g/mol. The van der Waals surface area contributed by atoms with Crippen molar-refractivity contribution in [3.8, 4) is 34.2 Å². The van der Waals surface area contributed by atoms with Crippen molar-refractivity contribution in [1.29, 1.82) is 0 Å². The van der Waals surface area contributed by atoms with Crippen LogP contribution in [0, 0.1) is 0 Å². The molecule has 0 radical (unpaired) electrons. The molecule has 4 rings (SSSR count). The lowest BCUT2D eigenvalue weighted by Gasteiger charge is -2.08. The summed E-state index contributed by atoms with van der Waals surface area (Å²) in [7, 11) is 0. The van der Waals surface area contributed by atoms with Gasteiger partial charge in [-0.1, -0.05) is 0 Å². The smallest absolute Gasteiger partial charge is 0.119 e. The Morgan fingerprint density at radius 1 is 0.417 bits per heavy atom. The first kappa shape index (κ1) is 13.9. The Hall–Kier alpha value is -3.68. The molecule has 114 valence electrons. The lowest BCUT2D eigenvalue weighted by molar-refractivity contribution is 1.10. The molecule has 4 heterocycles. The lowest BCUT2D eigenvalue weighted by atomic mass is 10.2. The summed E-state index contributed by atoms with van der Waals surface area (Å²) in [6.07, 6.45) is 16.2. The molecule has 0 aromatic carbocycles. The molecule has 0 amide bonds. The van der Waals surface area contributed by atoms with Crippen LogP contribution in [0.15, 0.2) is 62.0 Å². The predicted molar refractivity (Wildman–Crippen MR) is 85.1 cm³/mol. The van der Waals surface area contributed by atoms with E-state index in [-0.39, 0.29) is 0 Å². The van der Waals surface area contributed by atoms with Gasteiger partial charge in [0.25, 0.3) is 0 Å². The third-order valence-electron chi connectivity index (χ3n) is 3.21. The number of rotatable bonds is 3. The Labute approximate surface area is 136 Å². The Kier molecular flexibility index (Phi) is 3.61. The number of hydrogen-bond donors (Lipinski definition) is 0. The molecule has 8 heteroatoms. The highest BCUT2D eigenvalue weighted by atomic mass is 14.9. The van der Waals surface area contributed by atoms with Gasteiger partial charge in [0.1, 0.15) is 34.2 Å². The van der Waals surface area contributed by atoms with Crippen molar-refractivity contribution in [3.63, 3.8) is 0 Å². The zero-order chi connectivity index (χ0) is 16.2. The SMILES string of the molecule is c1cnc(-c2cnc(-c3cnccn3)c(-c3cnccn3)n2)cn1. The zero-order valence-corrected chi connectivity index (χ0v) is 12.4. The van der Waals surface area contributed by atoms with Crippen molar-refractivity contribution >= 4 is 0 Å². The van der Waals surface area contributed by atoms with E-state index in [2.05, 4.69) is 39.9 Å². The average molecular weight is 314 g/mol. The van der Waals surface area contributed by atoms with Crippen LogP contribution in [0.1, 0.15) is 0 Å². The van der Waals surface area contributed by atoms with Gasteiger partial charge in [0.2, 0.25) is 0 Å². The van der Waals surface area contributed by atoms with Crippen LogP contribution in [0.25, 0.3) is 34.2 Å². The Balaban J connectivity index is 1.92. The van der Waals surface area contributed by atoms with E-state index in [0.29, 0.717) is 34.2 Å². The molecule has 0 spiro atoms. The van der Waals surface area contributed by atoms with Crippen LogP contribution in [0.3, 0.4) is 0 Å². The first-order valence-corrected chi connectivity index (χ1v) is 7.08. The molecule has 0 aliphatic heterocycles. The van der Waals surface area contributed by atoms with Crippen molar-refractivity contribution in [3.05, 3.63) is 62.0 Å². The first-order valence-electron chi connectivity index (χ1n) is 7.08. The maximum absolute atomic E-state index is 4.65. The van der Waals surface area contributed by atoms with E-state index < -0.39 is 0 Å². The van der Waals surface area contributed by atoms with Crippen molar-refractivity contribution < 1.29 is 0 Å². The minimum Gasteiger partial charge on any atom is -0.261 e. The number of aromatic nitrogens is 8. The fraction of sp³-hybridized carbons (Fsp3) is 0. The second kappa shape index (κ2) is 6.21. The minimum absolute atomic E-state index is 0.562. The van der Waals surface area contributed by atoms with Gasteiger partial charge in [0.05, 0.1) is 24.8 Å². The van der Waals surface area contributed by atoms with E-state index in [9.17, 15) is 0 Å². The van der Waals surface area contributed by atoms with Gasteiger partial charge in [0, 0.05) is 37.2 Å². The second-order valence-electron chi connectivity index (χ2n) is 4.72. The molecule has 0 saturated carbocycles. The van der Waals surface area contributed by atoms with E-state index >= 15 is 0 Å². The molecule has 8 nitrogen and oxygen atoms in total. The highest BCUT2D eigenvalue weighted by Crippen LogP contribution is 2.27. The quantitative estimate of drug-likeness (QED) is 0.564. The Morgan fingerprint density at radius 2 is 0.958 bits per heavy atom. The summed E-state index contributed by atoms with van der Waals surface area (Å²) in [4.78, 5) is 34.3. The summed E-state index contributed by atoms with van der Waals surface area (Å²) in [5, 5.41) is 0. The Morgan fingerprint density at radius 3 is 1.50 bits per heavy atom. The summed E-state index contributed by atoms with van der Waals surface area (Å²) in [6, 6.07) is 0. The van der Waals surface area contributed by atoms with E-state index in [1.54, 1.807) is 62.0 Å². The molecule has 0 unspecified atom stereocenters. The highest BCUT2D eigenvalue weighted by molar-refractivity contribution is 5.75. The van der Waals surface area contributed by atoms with Crippen molar-refractivity contribution in [2.75, 3.05) is 0 Å². The average Bonchev–Trinajstić information content (AvgIpc) is 2.69. The van der Waals surface area contributed by atoms with Crippen LogP contribution < -0.4 is 0 Å². The standard InChI is InChI=1S/C16H10N8/c1-4-20-11(7-17-1)12-10-23-15(13-8-18-2-5-21-13)16(24-12)14-9-19-3-6-22-14/h1-10H.